The minimum absolute atomic E-state index is 0.0655. The lowest BCUT2D eigenvalue weighted by molar-refractivity contribution is -0.141. The van der Waals surface area contributed by atoms with Gasteiger partial charge in [0.1, 0.15) is 18.1 Å². The van der Waals surface area contributed by atoms with Crippen LogP contribution in [0.5, 0.6) is 0 Å². The average Bonchev–Trinajstić information content (AvgIpc) is 2.96. The van der Waals surface area contributed by atoms with E-state index in [4.69, 9.17) is 5.11 Å². The lowest BCUT2D eigenvalue weighted by Crippen LogP contribution is -2.57. The fourth-order valence-corrected chi connectivity index (χ4v) is 3.62. The van der Waals surface area contributed by atoms with Crippen LogP contribution in [-0.2, 0) is 32.0 Å². The minimum Gasteiger partial charge on any atom is -0.480 e. The van der Waals surface area contributed by atoms with Crippen LogP contribution in [0.15, 0.2) is 95.2 Å². The number of aliphatic carboxylic acids is 1. The zero-order valence-corrected chi connectivity index (χ0v) is 21.9. The molecular formula is C29H31N5O6. The summed E-state index contributed by atoms with van der Waals surface area (Å²) in [4.78, 5) is 49.5. The van der Waals surface area contributed by atoms with E-state index in [0.29, 0.717) is 16.9 Å². The Hall–Kier alpha value is -4.90. The highest BCUT2D eigenvalue weighted by molar-refractivity contribution is 5.93. The summed E-state index contributed by atoms with van der Waals surface area (Å²) in [6, 6.07) is 21.3. The SMILES string of the molecule is C[C@H](NC(=O)[C@H](Cc1ccccc1)NC(=O)[C@H](CO)NC(=O)Cc1ccc(N=Nc2ccccc2)cc1)C(=O)O. The molecule has 11 heteroatoms. The molecule has 5 N–H and O–H groups in total. The van der Waals surface area contributed by atoms with Gasteiger partial charge in [0.25, 0.3) is 0 Å². The normalized spacial score (nSPS) is 13.2. The molecule has 0 fully saturated rings. The van der Waals surface area contributed by atoms with Crippen molar-refractivity contribution in [2.75, 3.05) is 6.61 Å². The predicted octanol–water partition coefficient (Wildman–Crippen LogP) is 2.44. The van der Waals surface area contributed by atoms with Gasteiger partial charge in [0.05, 0.1) is 24.4 Å². The van der Waals surface area contributed by atoms with Crippen LogP contribution in [0.4, 0.5) is 11.4 Å². The monoisotopic (exact) mass is 545 g/mol. The van der Waals surface area contributed by atoms with Gasteiger partial charge in [-0.15, -0.1) is 0 Å². The molecule has 3 aromatic carbocycles. The van der Waals surface area contributed by atoms with E-state index in [2.05, 4.69) is 26.2 Å². The Morgan fingerprint density at radius 2 is 1.25 bits per heavy atom. The second-order valence-corrected chi connectivity index (χ2v) is 9.00. The summed E-state index contributed by atoms with van der Waals surface area (Å²) >= 11 is 0. The number of aliphatic hydroxyl groups excluding tert-OH is 1. The minimum atomic E-state index is -1.32. The zero-order valence-electron chi connectivity index (χ0n) is 21.9. The Kier molecular flexibility index (Phi) is 11.0. The number of nitrogens with one attached hydrogen (secondary N) is 3. The highest BCUT2D eigenvalue weighted by atomic mass is 16.4. The average molecular weight is 546 g/mol. The molecule has 0 aliphatic heterocycles. The summed E-state index contributed by atoms with van der Waals surface area (Å²) in [5, 5.41) is 34.5. The molecule has 0 heterocycles. The van der Waals surface area contributed by atoms with Gasteiger partial charge in [0, 0.05) is 6.42 Å². The molecule has 3 rings (SSSR count). The third-order valence-electron chi connectivity index (χ3n) is 5.82. The van der Waals surface area contributed by atoms with Gasteiger partial charge >= 0.3 is 5.97 Å². The van der Waals surface area contributed by atoms with Gasteiger partial charge < -0.3 is 26.2 Å². The summed E-state index contributed by atoms with van der Waals surface area (Å²) in [5.41, 5.74) is 2.68. The van der Waals surface area contributed by atoms with Crippen LogP contribution in [0.2, 0.25) is 0 Å². The number of carbonyl (C=O) groups is 4. The first-order valence-corrected chi connectivity index (χ1v) is 12.6. The summed E-state index contributed by atoms with van der Waals surface area (Å²) in [5.74, 6) is -3.24. The molecule has 3 atom stereocenters. The van der Waals surface area contributed by atoms with Gasteiger partial charge in [-0.05, 0) is 42.3 Å². The van der Waals surface area contributed by atoms with Crippen molar-refractivity contribution in [3.05, 3.63) is 96.1 Å². The maximum absolute atomic E-state index is 12.9. The topological polar surface area (TPSA) is 170 Å². The Bertz CT molecular complexity index is 1320. The second kappa shape index (κ2) is 14.9. The number of aliphatic hydroxyl groups is 1. The maximum atomic E-state index is 12.9. The number of rotatable bonds is 13. The lowest BCUT2D eigenvalue weighted by Gasteiger charge is -2.23. The smallest absolute Gasteiger partial charge is 0.325 e. The van der Waals surface area contributed by atoms with Gasteiger partial charge in [-0.2, -0.15) is 10.2 Å². The van der Waals surface area contributed by atoms with E-state index < -0.39 is 48.4 Å². The molecule has 0 bridgehead atoms. The predicted molar refractivity (Wildman–Crippen MR) is 147 cm³/mol. The molecule has 3 amide bonds. The van der Waals surface area contributed by atoms with Gasteiger partial charge in [0.2, 0.25) is 17.7 Å². The summed E-state index contributed by atoms with van der Waals surface area (Å²) in [7, 11) is 0. The number of carbonyl (C=O) groups excluding carboxylic acids is 3. The zero-order chi connectivity index (χ0) is 28.9. The van der Waals surface area contributed by atoms with E-state index in [0.717, 1.165) is 5.56 Å². The van der Waals surface area contributed by atoms with Gasteiger partial charge in [0.15, 0.2) is 0 Å². The fraction of sp³-hybridized carbons (Fsp3) is 0.241. The Morgan fingerprint density at radius 1 is 0.700 bits per heavy atom. The van der Waals surface area contributed by atoms with E-state index in [1.165, 1.54) is 6.92 Å². The third kappa shape index (κ3) is 9.44. The molecule has 0 saturated carbocycles. The van der Waals surface area contributed by atoms with Crippen LogP contribution in [0.3, 0.4) is 0 Å². The van der Waals surface area contributed by atoms with Crippen LogP contribution < -0.4 is 16.0 Å². The van der Waals surface area contributed by atoms with Crippen molar-refractivity contribution in [2.24, 2.45) is 10.2 Å². The summed E-state index contributed by atoms with van der Waals surface area (Å²) in [6.07, 6.45) is 0.00868. The molecule has 0 aliphatic carbocycles. The molecule has 0 radical (unpaired) electrons. The summed E-state index contributed by atoms with van der Waals surface area (Å²) in [6.45, 7) is 0.596. The Balaban J connectivity index is 1.60. The second-order valence-electron chi connectivity index (χ2n) is 9.00. The maximum Gasteiger partial charge on any atom is 0.325 e. The van der Waals surface area contributed by atoms with Gasteiger partial charge in [-0.1, -0.05) is 60.7 Å². The van der Waals surface area contributed by atoms with E-state index >= 15 is 0 Å². The van der Waals surface area contributed by atoms with Crippen LogP contribution in [0.25, 0.3) is 0 Å². The van der Waals surface area contributed by atoms with Crippen LogP contribution in [-0.4, -0.2) is 58.6 Å². The van der Waals surface area contributed by atoms with Crippen molar-refractivity contribution in [1.29, 1.82) is 0 Å². The van der Waals surface area contributed by atoms with Crippen LogP contribution in [0, 0.1) is 0 Å². The van der Waals surface area contributed by atoms with E-state index in [-0.39, 0.29) is 12.8 Å². The van der Waals surface area contributed by atoms with Crippen molar-refractivity contribution in [2.45, 2.75) is 37.9 Å². The van der Waals surface area contributed by atoms with Crippen molar-refractivity contribution in [1.82, 2.24) is 16.0 Å². The Morgan fingerprint density at radius 3 is 1.82 bits per heavy atom. The van der Waals surface area contributed by atoms with Crippen molar-refractivity contribution < 1.29 is 29.4 Å². The number of benzene rings is 3. The number of carboxylic acids is 1. The highest BCUT2D eigenvalue weighted by Gasteiger charge is 2.28. The molecule has 0 unspecified atom stereocenters. The lowest BCUT2D eigenvalue weighted by atomic mass is 10.0. The van der Waals surface area contributed by atoms with Gasteiger partial charge in [-0.3, -0.25) is 19.2 Å². The number of nitrogens with zero attached hydrogens (tertiary/aromatic N) is 2. The van der Waals surface area contributed by atoms with Crippen molar-refractivity contribution in [3.8, 4) is 0 Å². The van der Waals surface area contributed by atoms with Crippen molar-refractivity contribution in [3.63, 3.8) is 0 Å². The van der Waals surface area contributed by atoms with E-state index in [1.54, 1.807) is 54.6 Å². The first kappa shape index (κ1) is 29.7. The molecule has 0 aliphatic rings. The van der Waals surface area contributed by atoms with Crippen LogP contribution >= 0.6 is 0 Å². The van der Waals surface area contributed by atoms with Crippen molar-refractivity contribution >= 4 is 35.1 Å². The first-order valence-electron chi connectivity index (χ1n) is 12.6. The van der Waals surface area contributed by atoms with E-state index in [1.807, 2.05) is 30.3 Å². The summed E-state index contributed by atoms with van der Waals surface area (Å²) < 4.78 is 0. The van der Waals surface area contributed by atoms with Gasteiger partial charge in [-0.25, -0.2) is 0 Å². The Labute approximate surface area is 231 Å². The molecule has 40 heavy (non-hydrogen) atoms. The first-order chi connectivity index (χ1) is 19.2. The molecule has 0 saturated heterocycles. The molecule has 208 valence electrons. The molecule has 0 spiro atoms. The number of carboxylic acid groups (broad SMARTS) is 1. The standard InChI is InChI=1S/C29H31N5O6/c1-19(29(39)40)30-27(37)24(16-20-8-4-2-5-9-20)32-28(38)25(18-35)31-26(36)17-21-12-14-23(15-13-21)34-33-22-10-6-3-7-11-22/h2-15,19,24-25,35H,16-18H2,1H3,(H,30,37)(H,31,36)(H,32,38)(H,39,40)/t19-,24-,25-/m0/s1. The van der Waals surface area contributed by atoms with Crippen LogP contribution in [0.1, 0.15) is 18.1 Å². The molecule has 3 aromatic rings. The quantitative estimate of drug-likeness (QED) is 0.207. The third-order valence-corrected chi connectivity index (χ3v) is 5.82. The largest absolute Gasteiger partial charge is 0.480 e. The molecule has 0 aromatic heterocycles. The fourth-order valence-electron chi connectivity index (χ4n) is 3.62. The number of azo groups is 1. The number of amides is 3. The number of hydrogen-bond donors (Lipinski definition) is 5. The molecule has 11 nitrogen and oxygen atoms in total. The highest BCUT2D eigenvalue weighted by Crippen LogP contribution is 2.18. The molecular weight excluding hydrogens is 514 g/mol. The number of hydrogen-bond acceptors (Lipinski definition) is 7. The van der Waals surface area contributed by atoms with E-state index in [9.17, 15) is 24.3 Å².